The SMILES string of the molecule is C=C1CCCC/C1=C/C=CCC.CCO. The van der Waals surface area contributed by atoms with E-state index in [9.17, 15) is 0 Å². The van der Waals surface area contributed by atoms with Crippen LogP contribution in [0, 0.1) is 0 Å². The summed E-state index contributed by atoms with van der Waals surface area (Å²) in [5, 5.41) is 7.57. The Morgan fingerprint density at radius 1 is 1.27 bits per heavy atom. The summed E-state index contributed by atoms with van der Waals surface area (Å²) in [6.07, 6.45) is 12.8. The molecule has 0 spiro atoms. The summed E-state index contributed by atoms with van der Waals surface area (Å²) in [4.78, 5) is 0. The van der Waals surface area contributed by atoms with Crippen molar-refractivity contribution in [1.29, 1.82) is 0 Å². The minimum absolute atomic E-state index is 0.250. The van der Waals surface area contributed by atoms with Gasteiger partial charge in [-0.2, -0.15) is 0 Å². The molecular formula is C14H24O. The molecule has 0 aromatic heterocycles. The molecule has 0 amide bonds. The van der Waals surface area contributed by atoms with Gasteiger partial charge in [0, 0.05) is 6.61 Å². The molecule has 0 saturated heterocycles. The fraction of sp³-hybridized carbons (Fsp3) is 0.571. The molecule has 1 nitrogen and oxygen atoms in total. The van der Waals surface area contributed by atoms with Crippen LogP contribution in [0.2, 0.25) is 0 Å². The van der Waals surface area contributed by atoms with Gasteiger partial charge in [-0.05, 0) is 44.6 Å². The third-order valence-electron chi connectivity index (χ3n) is 2.30. The van der Waals surface area contributed by atoms with Crippen LogP contribution < -0.4 is 0 Å². The van der Waals surface area contributed by atoms with Crippen molar-refractivity contribution < 1.29 is 5.11 Å². The van der Waals surface area contributed by atoms with Crippen LogP contribution in [-0.4, -0.2) is 11.7 Å². The van der Waals surface area contributed by atoms with Gasteiger partial charge in [0.25, 0.3) is 0 Å². The largest absolute Gasteiger partial charge is 0.397 e. The Labute approximate surface area is 94.2 Å². The number of aliphatic hydroxyl groups excluding tert-OH is 1. The van der Waals surface area contributed by atoms with Gasteiger partial charge in [-0.1, -0.05) is 37.3 Å². The molecular weight excluding hydrogens is 184 g/mol. The zero-order valence-electron chi connectivity index (χ0n) is 10.1. The molecule has 1 fully saturated rings. The van der Waals surface area contributed by atoms with Gasteiger partial charge >= 0.3 is 0 Å². The number of hydrogen-bond donors (Lipinski definition) is 1. The molecule has 0 heterocycles. The van der Waals surface area contributed by atoms with Crippen LogP contribution in [0.3, 0.4) is 0 Å². The summed E-state index contributed by atoms with van der Waals surface area (Å²) in [5.74, 6) is 0. The van der Waals surface area contributed by atoms with E-state index >= 15 is 0 Å². The smallest absolute Gasteiger partial charge is 0.0402 e. The second-order valence-electron chi connectivity index (χ2n) is 3.66. The molecule has 1 aliphatic carbocycles. The topological polar surface area (TPSA) is 20.2 Å². The molecule has 15 heavy (non-hydrogen) atoms. The lowest BCUT2D eigenvalue weighted by Gasteiger charge is -2.15. The summed E-state index contributed by atoms with van der Waals surface area (Å²) >= 11 is 0. The van der Waals surface area contributed by atoms with E-state index in [1.165, 1.54) is 36.8 Å². The van der Waals surface area contributed by atoms with Gasteiger partial charge in [-0.15, -0.1) is 0 Å². The van der Waals surface area contributed by atoms with Gasteiger partial charge in [-0.25, -0.2) is 0 Å². The molecule has 1 heteroatoms. The lowest BCUT2D eigenvalue weighted by Crippen LogP contribution is -1.96. The van der Waals surface area contributed by atoms with Crippen molar-refractivity contribution in [3.63, 3.8) is 0 Å². The number of hydrogen-bond acceptors (Lipinski definition) is 1. The molecule has 86 valence electrons. The number of allylic oxidation sites excluding steroid dienone is 5. The van der Waals surface area contributed by atoms with Crippen molar-refractivity contribution in [2.45, 2.75) is 46.0 Å². The minimum atomic E-state index is 0.250. The van der Waals surface area contributed by atoms with E-state index in [2.05, 4.69) is 31.7 Å². The van der Waals surface area contributed by atoms with E-state index in [4.69, 9.17) is 5.11 Å². The van der Waals surface area contributed by atoms with Crippen molar-refractivity contribution >= 4 is 0 Å². The van der Waals surface area contributed by atoms with E-state index in [1.54, 1.807) is 6.92 Å². The van der Waals surface area contributed by atoms with Gasteiger partial charge in [0.15, 0.2) is 0 Å². The van der Waals surface area contributed by atoms with Crippen LogP contribution in [-0.2, 0) is 0 Å². The normalized spacial score (nSPS) is 19.1. The van der Waals surface area contributed by atoms with E-state index in [1.807, 2.05) is 0 Å². The van der Waals surface area contributed by atoms with Crippen molar-refractivity contribution in [3.8, 4) is 0 Å². The molecule has 1 N–H and O–H groups in total. The molecule has 1 saturated carbocycles. The molecule has 0 aliphatic heterocycles. The first-order valence-corrected chi connectivity index (χ1v) is 5.90. The Hall–Kier alpha value is -0.820. The molecule has 1 aliphatic rings. The van der Waals surface area contributed by atoms with Crippen LogP contribution >= 0.6 is 0 Å². The van der Waals surface area contributed by atoms with E-state index in [0.717, 1.165) is 6.42 Å². The number of rotatable bonds is 2. The number of aliphatic hydroxyl groups is 1. The van der Waals surface area contributed by atoms with Crippen LogP contribution in [0.15, 0.2) is 36.0 Å². The van der Waals surface area contributed by atoms with Gasteiger partial charge in [-0.3, -0.25) is 0 Å². The first-order valence-electron chi connectivity index (χ1n) is 5.90. The summed E-state index contributed by atoms with van der Waals surface area (Å²) < 4.78 is 0. The third-order valence-corrected chi connectivity index (χ3v) is 2.30. The van der Waals surface area contributed by atoms with Crippen LogP contribution in [0.1, 0.15) is 46.0 Å². The lowest BCUT2D eigenvalue weighted by atomic mass is 9.90. The Bertz CT molecular complexity index is 223. The zero-order chi connectivity index (χ0) is 11.5. The zero-order valence-corrected chi connectivity index (χ0v) is 10.1. The first-order chi connectivity index (χ1) is 7.26. The molecule has 0 aromatic carbocycles. The lowest BCUT2D eigenvalue weighted by molar-refractivity contribution is 0.318. The Kier molecular flexibility index (Phi) is 9.19. The highest BCUT2D eigenvalue weighted by Gasteiger charge is 2.07. The maximum Gasteiger partial charge on any atom is 0.0402 e. The molecule has 0 unspecified atom stereocenters. The highest BCUT2D eigenvalue weighted by Crippen LogP contribution is 2.26. The predicted molar refractivity (Wildman–Crippen MR) is 67.9 cm³/mol. The van der Waals surface area contributed by atoms with Crippen molar-refractivity contribution in [1.82, 2.24) is 0 Å². The summed E-state index contributed by atoms with van der Waals surface area (Å²) in [6.45, 7) is 8.16. The summed E-state index contributed by atoms with van der Waals surface area (Å²) in [7, 11) is 0. The van der Waals surface area contributed by atoms with E-state index < -0.39 is 0 Å². The van der Waals surface area contributed by atoms with E-state index in [-0.39, 0.29) is 6.61 Å². The average molecular weight is 208 g/mol. The summed E-state index contributed by atoms with van der Waals surface area (Å²) in [6, 6.07) is 0. The standard InChI is InChI=1S/C12H18.C2H6O/c1-3-4-5-9-12-10-7-6-8-11(12)2;1-2-3/h4-5,9H,2-3,6-8,10H2,1H3;3H,2H2,1H3/b5-4?,12-9-;. The molecule has 0 atom stereocenters. The molecule has 0 bridgehead atoms. The first kappa shape index (κ1) is 14.2. The maximum absolute atomic E-state index is 7.57. The Morgan fingerprint density at radius 2 is 1.87 bits per heavy atom. The molecule has 0 radical (unpaired) electrons. The quantitative estimate of drug-likeness (QED) is 0.727. The van der Waals surface area contributed by atoms with E-state index in [0.29, 0.717) is 0 Å². The second-order valence-corrected chi connectivity index (χ2v) is 3.66. The maximum atomic E-state index is 7.57. The van der Waals surface area contributed by atoms with Gasteiger partial charge in [0.05, 0.1) is 0 Å². The Balaban J connectivity index is 0.000000583. The molecule has 0 aromatic rings. The highest BCUT2D eigenvalue weighted by molar-refractivity contribution is 5.32. The average Bonchev–Trinajstić information content (AvgIpc) is 2.22. The van der Waals surface area contributed by atoms with Crippen molar-refractivity contribution in [2.75, 3.05) is 6.61 Å². The monoisotopic (exact) mass is 208 g/mol. The second kappa shape index (κ2) is 9.72. The fourth-order valence-corrected chi connectivity index (χ4v) is 1.51. The van der Waals surface area contributed by atoms with Gasteiger partial charge < -0.3 is 5.11 Å². The third kappa shape index (κ3) is 7.15. The van der Waals surface area contributed by atoms with Crippen molar-refractivity contribution in [2.24, 2.45) is 0 Å². The molecule has 1 rings (SSSR count). The summed E-state index contributed by atoms with van der Waals surface area (Å²) in [5.41, 5.74) is 2.81. The van der Waals surface area contributed by atoms with Crippen molar-refractivity contribution in [3.05, 3.63) is 36.0 Å². The van der Waals surface area contributed by atoms with Crippen LogP contribution in [0.25, 0.3) is 0 Å². The highest BCUT2D eigenvalue weighted by atomic mass is 16.2. The fourth-order valence-electron chi connectivity index (χ4n) is 1.51. The van der Waals surface area contributed by atoms with Crippen LogP contribution in [0.5, 0.6) is 0 Å². The Morgan fingerprint density at radius 3 is 2.40 bits per heavy atom. The van der Waals surface area contributed by atoms with Gasteiger partial charge in [0.2, 0.25) is 0 Å². The van der Waals surface area contributed by atoms with Crippen LogP contribution in [0.4, 0.5) is 0 Å². The predicted octanol–water partition coefficient (Wildman–Crippen LogP) is 4.01. The van der Waals surface area contributed by atoms with Gasteiger partial charge in [0.1, 0.15) is 0 Å². The minimum Gasteiger partial charge on any atom is -0.397 e.